The van der Waals surface area contributed by atoms with E-state index in [1.54, 1.807) is 12.8 Å². The summed E-state index contributed by atoms with van der Waals surface area (Å²) in [6.45, 7) is 6.98. The molecule has 0 unspecified atom stereocenters. The maximum absolute atomic E-state index is 2.33. The summed E-state index contributed by atoms with van der Waals surface area (Å²) in [6, 6.07) is 0. The topological polar surface area (TPSA) is 0 Å². The molecule has 0 atom stereocenters. The Bertz CT molecular complexity index is 120. The first-order valence-electron chi connectivity index (χ1n) is 6.22. The van der Waals surface area contributed by atoms with Gasteiger partial charge in [0.05, 0.1) is 0 Å². The molecular weight excluding hydrogens is 156 g/mol. The van der Waals surface area contributed by atoms with Crippen LogP contribution < -0.4 is 0 Å². The fourth-order valence-electron chi connectivity index (χ4n) is 2.57. The molecule has 0 aromatic rings. The van der Waals surface area contributed by atoms with Gasteiger partial charge in [0.1, 0.15) is 0 Å². The zero-order valence-electron chi connectivity index (χ0n) is 9.68. The highest BCUT2D eigenvalue weighted by Gasteiger charge is 2.27. The van der Waals surface area contributed by atoms with Crippen LogP contribution in [-0.4, -0.2) is 0 Å². The molecule has 1 rings (SSSR count). The Balaban J connectivity index is 1.90. The van der Waals surface area contributed by atoms with Crippen LogP contribution in [0.15, 0.2) is 0 Å². The normalized spacial score (nSPS) is 27.7. The number of rotatable bonds is 6. The molecule has 0 aromatic heterocycles. The van der Waals surface area contributed by atoms with Crippen molar-refractivity contribution in [1.82, 2.24) is 0 Å². The highest BCUT2D eigenvalue weighted by Crippen LogP contribution is 2.39. The molecule has 13 heavy (non-hydrogen) atoms. The minimum absolute atomic E-state index is 0.909. The molecule has 1 fully saturated rings. The lowest BCUT2D eigenvalue weighted by Crippen LogP contribution is -2.23. The van der Waals surface area contributed by atoms with Crippen LogP contribution in [0.4, 0.5) is 0 Å². The standard InChI is InChI=1S/C13H26/c1-4-6-12-9-13(10-12)8-5-7-11(2)3/h11-13H,4-10H2,1-3H3. The van der Waals surface area contributed by atoms with E-state index in [0.717, 1.165) is 17.8 Å². The second-order valence-corrected chi connectivity index (χ2v) is 5.32. The van der Waals surface area contributed by atoms with E-state index >= 15 is 0 Å². The van der Waals surface area contributed by atoms with E-state index in [9.17, 15) is 0 Å². The molecule has 1 saturated carbocycles. The summed E-state index contributed by atoms with van der Waals surface area (Å²) in [4.78, 5) is 0. The first-order chi connectivity index (χ1) is 6.22. The van der Waals surface area contributed by atoms with Crippen molar-refractivity contribution in [1.29, 1.82) is 0 Å². The van der Waals surface area contributed by atoms with Gasteiger partial charge in [-0.05, 0) is 30.6 Å². The van der Waals surface area contributed by atoms with Crippen molar-refractivity contribution in [2.45, 2.75) is 65.7 Å². The van der Waals surface area contributed by atoms with Crippen LogP contribution in [0.3, 0.4) is 0 Å². The molecule has 0 radical (unpaired) electrons. The van der Waals surface area contributed by atoms with Crippen LogP contribution in [0.2, 0.25) is 0 Å². The molecule has 0 heteroatoms. The smallest absolute Gasteiger partial charge is 0.0409 e. The number of hydrogen-bond acceptors (Lipinski definition) is 0. The Hall–Kier alpha value is 0. The molecule has 0 bridgehead atoms. The fraction of sp³-hybridized carbons (Fsp3) is 1.00. The second kappa shape index (κ2) is 5.67. The van der Waals surface area contributed by atoms with E-state index in [4.69, 9.17) is 0 Å². The van der Waals surface area contributed by atoms with Crippen molar-refractivity contribution >= 4 is 0 Å². The van der Waals surface area contributed by atoms with Crippen molar-refractivity contribution in [2.75, 3.05) is 0 Å². The van der Waals surface area contributed by atoms with Gasteiger partial charge in [0, 0.05) is 0 Å². The van der Waals surface area contributed by atoms with Gasteiger partial charge in [0.25, 0.3) is 0 Å². The first-order valence-corrected chi connectivity index (χ1v) is 6.22. The SMILES string of the molecule is CCCC1CC(CCCC(C)C)C1. The summed E-state index contributed by atoms with van der Waals surface area (Å²) >= 11 is 0. The van der Waals surface area contributed by atoms with E-state index in [0.29, 0.717) is 0 Å². The van der Waals surface area contributed by atoms with E-state index < -0.39 is 0 Å². The van der Waals surface area contributed by atoms with Gasteiger partial charge in [-0.2, -0.15) is 0 Å². The van der Waals surface area contributed by atoms with Crippen LogP contribution in [0.5, 0.6) is 0 Å². The summed E-state index contributed by atoms with van der Waals surface area (Å²) in [5, 5.41) is 0. The van der Waals surface area contributed by atoms with Gasteiger partial charge in [0.2, 0.25) is 0 Å². The zero-order chi connectivity index (χ0) is 9.68. The predicted octanol–water partition coefficient (Wildman–Crippen LogP) is 4.64. The van der Waals surface area contributed by atoms with Crippen LogP contribution in [0.25, 0.3) is 0 Å². The third-order valence-corrected chi connectivity index (χ3v) is 3.42. The number of hydrogen-bond donors (Lipinski definition) is 0. The Morgan fingerprint density at radius 3 is 2.23 bits per heavy atom. The van der Waals surface area contributed by atoms with Gasteiger partial charge in [0.15, 0.2) is 0 Å². The highest BCUT2D eigenvalue weighted by molar-refractivity contribution is 4.78. The quantitative estimate of drug-likeness (QED) is 0.561. The lowest BCUT2D eigenvalue weighted by molar-refractivity contribution is 0.165. The fourth-order valence-corrected chi connectivity index (χ4v) is 2.57. The largest absolute Gasteiger partial charge is 0.0654 e. The van der Waals surface area contributed by atoms with Gasteiger partial charge in [-0.1, -0.05) is 52.9 Å². The Kier molecular flexibility index (Phi) is 4.83. The van der Waals surface area contributed by atoms with Crippen LogP contribution >= 0.6 is 0 Å². The van der Waals surface area contributed by atoms with Gasteiger partial charge in [-0.15, -0.1) is 0 Å². The molecular formula is C13H26. The molecule has 1 aliphatic rings. The van der Waals surface area contributed by atoms with Crippen LogP contribution in [0.1, 0.15) is 65.7 Å². The molecule has 0 spiro atoms. The van der Waals surface area contributed by atoms with Crippen molar-refractivity contribution in [2.24, 2.45) is 17.8 Å². The summed E-state index contributed by atoms with van der Waals surface area (Å²) in [5.41, 5.74) is 0. The zero-order valence-corrected chi connectivity index (χ0v) is 9.68. The summed E-state index contributed by atoms with van der Waals surface area (Å²) in [7, 11) is 0. The minimum Gasteiger partial charge on any atom is -0.0654 e. The average Bonchev–Trinajstić information content (AvgIpc) is 1.99. The monoisotopic (exact) mass is 182 g/mol. The van der Waals surface area contributed by atoms with E-state index in [2.05, 4.69) is 20.8 Å². The summed E-state index contributed by atoms with van der Waals surface area (Å²) < 4.78 is 0. The van der Waals surface area contributed by atoms with Crippen LogP contribution in [-0.2, 0) is 0 Å². The lowest BCUT2D eigenvalue weighted by Gasteiger charge is -2.35. The lowest BCUT2D eigenvalue weighted by atomic mass is 9.71. The Morgan fingerprint density at radius 1 is 1.08 bits per heavy atom. The molecule has 0 amide bonds. The van der Waals surface area contributed by atoms with Gasteiger partial charge in [-0.3, -0.25) is 0 Å². The first kappa shape index (κ1) is 11.1. The van der Waals surface area contributed by atoms with Crippen molar-refractivity contribution in [3.8, 4) is 0 Å². The van der Waals surface area contributed by atoms with Crippen molar-refractivity contribution in [3.05, 3.63) is 0 Å². The third-order valence-electron chi connectivity index (χ3n) is 3.42. The predicted molar refractivity (Wildman–Crippen MR) is 59.8 cm³/mol. The van der Waals surface area contributed by atoms with E-state index in [1.165, 1.54) is 32.1 Å². The summed E-state index contributed by atoms with van der Waals surface area (Å²) in [6.07, 6.45) is 10.4. The summed E-state index contributed by atoms with van der Waals surface area (Å²) in [5.74, 6) is 3.12. The molecule has 1 aliphatic carbocycles. The van der Waals surface area contributed by atoms with E-state index in [1.807, 2.05) is 0 Å². The van der Waals surface area contributed by atoms with Crippen molar-refractivity contribution in [3.63, 3.8) is 0 Å². The van der Waals surface area contributed by atoms with Gasteiger partial charge >= 0.3 is 0 Å². The molecule has 0 N–H and O–H groups in total. The average molecular weight is 182 g/mol. The minimum atomic E-state index is 0.909. The Labute approximate surface area is 84.1 Å². The second-order valence-electron chi connectivity index (χ2n) is 5.32. The molecule has 0 nitrogen and oxygen atoms in total. The maximum atomic E-state index is 2.33. The molecule has 78 valence electrons. The molecule has 0 heterocycles. The highest BCUT2D eigenvalue weighted by atomic mass is 14.3. The maximum Gasteiger partial charge on any atom is -0.0409 e. The van der Waals surface area contributed by atoms with E-state index in [-0.39, 0.29) is 0 Å². The van der Waals surface area contributed by atoms with Gasteiger partial charge in [-0.25, -0.2) is 0 Å². The Morgan fingerprint density at radius 2 is 1.69 bits per heavy atom. The molecule has 0 aromatic carbocycles. The van der Waals surface area contributed by atoms with Crippen molar-refractivity contribution < 1.29 is 0 Å². The molecule has 0 saturated heterocycles. The molecule has 0 aliphatic heterocycles. The van der Waals surface area contributed by atoms with Crippen LogP contribution in [0, 0.1) is 17.8 Å². The van der Waals surface area contributed by atoms with Gasteiger partial charge < -0.3 is 0 Å². The third kappa shape index (κ3) is 4.15.